The van der Waals surface area contributed by atoms with E-state index in [9.17, 15) is 14.7 Å². The van der Waals surface area contributed by atoms with Crippen LogP contribution < -0.4 is 15.3 Å². The van der Waals surface area contributed by atoms with Crippen molar-refractivity contribution in [1.29, 1.82) is 0 Å². The molecular formula is C21H20N2O5. The second kappa shape index (κ2) is 7.64. The zero-order valence-electron chi connectivity index (χ0n) is 15.2. The van der Waals surface area contributed by atoms with Crippen LogP contribution >= 0.6 is 0 Å². The van der Waals surface area contributed by atoms with Gasteiger partial charge < -0.3 is 24.1 Å². The van der Waals surface area contributed by atoms with Crippen molar-refractivity contribution < 1.29 is 19.1 Å². The van der Waals surface area contributed by atoms with Gasteiger partial charge >= 0.3 is 5.63 Å². The van der Waals surface area contributed by atoms with E-state index in [-0.39, 0.29) is 18.3 Å². The number of para-hydroxylation sites is 3. The van der Waals surface area contributed by atoms with Crippen LogP contribution in [0.4, 0.5) is 5.69 Å². The number of fused-ring (bicyclic) bond motifs is 1. The van der Waals surface area contributed by atoms with Gasteiger partial charge in [-0.2, -0.15) is 0 Å². The molecule has 1 fully saturated rings. The van der Waals surface area contributed by atoms with Crippen molar-refractivity contribution >= 4 is 22.6 Å². The van der Waals surface area contributed by atoms with E-state index in [2.05, 4.69) is 4.90 Å². The first-order valence-electron chi connectivity index (χ1n) is 9.08. The van der Waals surface area contributed by atoms with Crippen LogP contribution in [-0.4, -0.2) is 48.7 Å². The molecule has 0 saturated carbocycles. The second-order valence-corrected chi connectivity index (χ2v) is 6.57. The summed E-state index contributed by atoms with van der Waals surface area (Å²) >= 11 is 0. The van der Waals surface area contributed by atoms with E-state index in [0.717, 1.165) is 5.69 Å². The molecule has 7 heteroatoms. The van der Waals surface area contributed by atoms with Crippen molar-refractivity contribution in [2.45, 2.75) is 0 Å². The fraction of sp³-hybridized carbons (Fsp3) is 0.238. The van der Waals surface area contributed by atoms with Gasteiger partial charge in [0.05, 0.1) is 17.1 Å². The molecule has 4 rings (SSSR count). The normalized spacial score (nSPS) is 14.3. The number of carbonyl (C=O) groups excluding carboxylic acids is 1. The molecule has 1 aromatic heterocycles. The molecule has 1 N–H and O–H groups in total. The molecule has 7 nitrogen and oxygen atoms in total. The van der Waals surface area contributed by atoms with E-state index in [1.807, 2.05) is 18.2 Å². The van der Waals surface area contributed by atoms with Crippen molar-refractivity contribution in [1.82, 2.24) is 4.90 Å². The molecule has 28 heavy (non-hydrogen) atoms. The average molecular weight is 380 g/mol. The summed E-state index contributed by atoms with van der Waals surface area (Å²) in [4.78, 5) is 28.0. The maximum Gasteiger partial charge on any atom is 0.339 e. The zero-order valence-corrected chi connectivity index (χ0v) is 15.2. The Morgan fingerprint density at radius 2 is 1.75 bits per heavy atom. The van der Waals surface area contributed by atoms with Gasteiger partial charge in [0.1, 0.15) is 17.1 Å². The fourth-order valence-corrected chi connectivity index (χ4v) is 3.36. The smallest absolute Gasteiger partial charge is 0.339 e. The van der Waals surface area contributed by atoms with E-state index in [1.165, 1.54) is 6.07 Å². The Hall–Kier alpha value is -3.48. The number of hydrogen-bond acceptors (Lipinski definition) is 6. The first-order valence-corrected chi connectivity index (χ1v) is 9.08. The number of rotatable bonds is 4. The summed E-state index contributed by atoms with van der Waals surface area (Å²) < 4.78 is 10.8. The van der Waals surface area contributed by atoms with Gasteiger partial charge in [0, 0.05) is 26.2 Å². The van der Waals surface area contributed by atoms with E-state index >= 15 is 0 Å². The molecule has 1 aliphatic rings. The summed E-state index contributed by atoms with van der Waals surface area (Å²) in [5.74, 6) is 0.433. The Morgan fingerprint density at radius 3 is 2.54 bits per heavy atom. The van der Waals surface area contributed by atoms with Crippen LogP contribution in [0.15, 0.2) is 63.8 Å². The standard InChI is InChI=1S/C21H20N2O5/c24-17-7-3-2-6-16(17)22-9-11-23(12-10-22)20(25)14-27-19-13-21(26)28-18-8-4-1-5-15(18)19/h1-8,13,24H,9-12,14H2. The highest BCUT2D eigenvalue weighted by molar-refractivity contribution is 5.84. The van der Waals surface area contributed by atoms with Crippen molar-refractivity contribution in [2.75, 3.05) is 37.7 Å². The van der Waals surface area contributed by atoms with Crippen LogP contribution in [0.2, 0.25) is 0 Å². The molecule has 0 unspecified atom stereocenters. The molecule has 3 aromatic rings. The Morgan fingerprint density at radius 1 is 1.04 bits per heavy atom. The van der Waals surface area contributed by atoms with Crippen LogP contribution in [0.3, 0.4) is 0 Å². The third-order valence-corrected chi connectivity index (χ3v) is 4.82. The number of phenolic OH excluding ortho intramolecular Hbond substituents is 1. The highest BCUT2D eigenvalue weighted by atomic mass is 16.5. The van der Waals surface area contributed by atoms with Crippen LogP contribution in [0.25, 0.3) is 11.0 Å². The number of amides is 1. The topological polar surface area (TPSA) is 83.2 Å². The lowest BCUT2D eigenvalue weighted by atomic mass is 10.2. The minimum Gasteiger partial charge on any atom is -0.506 e. The lowest BCUT2D eigenvalue weighted by Gasteiger charge is -2.36. The highest BCUT2D eigenvalue weighted by Crippen LogP contribution is 2.27. The summed E-state index contributed by atoms with van der Waals surface area (Å²) in [7, 11) is 0. The molecule has 0 radical (unpaired) electrons. The van der Waals surface area contributed by atoms with Crippen LogP contribution in [0.5, 0.6) is 11.5 Å². The van der Waals surface area contributed by atoms with Gasteiger partial charge in [-0.1, -0.05) is 24.3 Å². The average Bonchev–Trinajstić information content (AvgIpc) is 2.72. The molecule has 144 valence electrons. The van der Waals surface area contributed by atoms with E-state index < -0.39 is 5.63 Å². The van der Waals surface area contributed by atoms with Gasteiger partial charge in [-0.25, -0.2) is 4.79 Å². The Labute approximate surface area is 161 Å². The molecule has 1 aliphatic heterocycles. The predicted molar refractivity (Wildman–Crippen MR) is 105 cm³/mol. The minimum absolute atomic E-state index is 0.144. The molecular weight excluding hydrogens is 360 g/mol. The van der Waals surface area contributed by atoms with Gasteiger partial charge in [-0.15, -0.1) is 0 Å². The van der Waals surface area contributed by atoms with Crippen LogP contribution in [0.1, 0.15) is 0 Å². The Kier molecular flexibility index (Phi) is 4.89. The van der Waals surface area contributed by atoms with E-state index in [4.69, 9.17) is 9.15 Å². The Bertz CT molecular complexity index is 1050. The summed E-state index contributed by atoms with van der Waals surface area (Å²) in [6.07, 6.45) is 0. The molecule has 0 atom stereocenters. The number of phenols is 1. The van der Waals surface area contributed by atoms with E-state index in [1.54, 1.807) is 35.2 Å². The third-order valence-electron chi connectivity index (χ3n) is 4.82. The van der Waals surface area contributed by atoms with Crippen molar-refractivity contribution in [3.63, 3.8) is 0 Å². The van der Waals surface area contributed by atoms with Gasteiger partial charge in [0.15, 0.2) is 6.61 Å². The SMILES string of the molecule is O=C(COc1cc(=O)oc2ccccc12)N1CCN(c2ccccc2O)CC1. The van der Waals surface area contributed by atoms with Crippen LogP contribution in [-0.2, 0) is 4.79 Å². The first kappa shape index (κ1) is 17.9. The Balaban J connectivity index is 1.38. The number of carbonyl (C=O) groups is 1. The number of anilines is 1. The number of nitrogens with zero attached hydrogens (tertiary/aromatic N) is 2. The highest BCUT2D eigenvalue weighted by Gasteiger charge is 2.23. The molecule has 2 aromatic carbocycles. The number of aromatic hydroxyl groups is 1. The molecule has 1 amide bonds. The van der Waals surface area contributed by atoms with Crippen molar-refractivity contribution in [3.8, 4) is 11.5 Å². The number of ether oxygens (including phenoxy) is 1. The van der Waals surface area contributed by atoms with Crippen LogP contribution in [0, 0.1) is 0 Å². The van der Waals surface area contributed by atoms with Gasteiger partial charge in [-0.3, -0.25) is 4.79 Å². The van der Waals surface area contributed by atoms with Gasteiger partial charge in [0.2, 0.25) is 0 Å². The fourth-order valence-electron chi connectivity index (χ4n) is 3.36. The summed E-state index contributed by atoms with van der Waals surface area (Å²) in [5, 5.41) is 10.6. The monoisotopic (exact) mass is 380 g/mol. The number of piperazine rings is 1. The zero-order chi connectivity index (χ0) is 19.5. The number of benzene rings is 2. The second-order valence-electron chi connectivity index (χ2n) is 6.57. The predicted octanol–water partition coefficient (Wildman–Crippen LogP) is 2.23. The summed E-state index contributed by atoms with van der Waals surface area (Å²) in [6.45, 7) is 2.18. The third kappa shape index (κ3) is 3.64. The maximum absolute atomic E-state index is 12.5. The minimum atomic E-state index is -0.516. The molecule has 2 heterocycles. The van der Waals surface area contributed by atoms with Gasteiger partial charge in [-0.05, 0) is 24.3 Å². The number of hydrogen-bond donors (Lipinski definition) is 1. The first-order chi connectivity index (χ1) is 13.6. The molecule has 0 spiro atoms. The molecule has 0 bridgehead atoms. The lowest BCUT2D eigenvalue weighted by Crippen LogP contribution is -2.50. The van der Waals surface area contributed by atoms with E-state index in [0.29, 0.717) is 42.9 Å². The molecule has 0 aliphatic carbocycles. The van der Waals surface area contributed by atoms with Crippen molar-refractivity contribution in [3.05, 3.63) is 65.0 Å². The maximum atomic E-state index is 12.5. The summed E-state index contributed by atoms with van der Waals surface area (Å²) in [5.41, 5.74) is 0.680. The van der Waals surface area contributed by atoms with Crippen molar-refractivity contribution in [2.24, 2.45) is 0 Å². The summed E-state index contributed by atoms with van der Waals surface area (Å²) in [6, 6.07) is 15.5. The lowest BCUT2D eigenvalue weighted by molar-refractivity contribution is -0.133. The van der Waals surface area contributed by atoms with Gasteiger partial charge in [0.25, 0.3) is 5.91 Å². The largest absolute Gasteiger partial charge is 0.506 e. The molecule has 1 saturated heterocycles. The quantitative estimate of drug-likeness (QED) is 0.699.